The number of unbranched alkanes of at least 4 members (excludes halogenated alkanes) is 6. The normalized spacial score (nSPS) is 13.6. The van der Waals surface area contributed by atoms with Gasteiger partial charge in [0.15, 0.2) is 0 Å². The van der Waals surface area contributed by atoms with Crippen molar-refractivity contribution in [3.63, 3.8) is 0 Å². The van der Waals surface area contributed by atoms with Gasteiger partial charge in [0.2, 0.25) is 0 Å². The van der Waals surface area contributed by atoms with E-state index in [9.17, 15) is 14.4 Å². The van der Waals surface area contributed by atoms with E-state index in [4.69, 9.17) is 14.2 Å². The van der Waals surface area contributed by atoms with E-state index in [1.54, 1.807) is 0 Å². The molecular formula is C39H75NO6. The highest BCUT2D eigenvalue weighted by Gasteiger charge is 2.15. The standard InChI is InChI=1S/C39H75NO6/c1-32(2)20-17-22-34(5)30-38(42)44-28-15-11-9-13-24-36(46-37(41)26-19-27-40(7)8)25-14-10-12-16-29-45-39(43)31-35(6)23-18-21-33(3)4/h32-36H,9-31H2,1-8H3. The lowest BCUT2D eigenvalue weighted by Gasteiger charge is -2.18. The van der Waals surface area contributed by atoms with E-state index >= 15 is 0 Å². The third kappa shape index (κ3) is 31.0. The molecule has 2 atom stereocenters. The van der Waals surface area contributed by atoms with Crippen LogP contribution in [0.3, 0.4) is 0 Å². The fraction of sp³-hybridized carbons (Fsp3) is 0.923. The van der Waals surface area contributed by atoms with E-state index in [0.717, 1.165) is 90.0 Å². The number of carbonyl (C=O) groups is 3. The summed E-state index contributed by atoms with van der Waals surface area (Å²) in [6.45, 7) is 15.1. The minimum Gasteiger partial charge on any atom is -0.466 e. The molecule has 272 valence electrons. The van der Waals surface area contributed by atoms with Crippen molar-refractivity contribution in [3.05, 3.63) is 0 Å². The fourth-order valence-electron chi connectivity index (χ4n) is 5.71. The number of ether oxygens (including phenoxy) is 3. The van der Waals surface area contributed by atoms with Gasteiger partial charge in [-0.2, -0.15) is 0 Å². The SMILES string of the molecule is CC(C)CCCC(C)CC(=O)OCCCCCCC(CCCCCCOC(=O)CC(C)CCCC(C)C)OC(=O)CCCN(C)C. The summed E-state index contributed by atoms with van der Waals surface area (Å²) in [6.07, 6.45) is 18.8. The molecule has 0 heterocycles. The van der Waals surface area contributed by atoms with Gasteiger partial charge in [0.25, 0.3) is 0 Å². The fourth-order valence-corrected chi connectivity index (χ4v) is 5.71. The number of nitrogens with zero attached hydrogens (tertiary/aromatic N) is 1. The Hall–Kier alpha value is -1.63. The van der Waals surface area contributed by atoms with Crippen LogP contribution in [0.4, 0.5) is 0 Å². The van der Waals surface area contributed by atoms with Gasteiger partial charge in [-0.3, -0.25) is 14.4 Å². The molecule has 0 aliphatic rings. The molecule has 0 fully saturated rings. The number of hydrogen-bond donors (Lipinski definition) is 0. The third-order valence-electron chi connectivity index (χ3n) is 8.64. The smallest absolute Gasteiger partial charge is 0.306 e. The maximum Gasteiger partial charge on any atom is 0.306 e. The average molecular weight is 654 g/mol. The van der Waals surface area contributed by atoms with Gasteiger partial charge >= 0.3 is 17.9 Å². The third-order valence-corrected chi connectivity index (χ3v) is 8.64. The van der Waals surface area contributed by atoms with E-state index in [1.165, 1.54) is 25.7 Å². The van der Waals surface area contributed by atoms with Gasteiger partial charge in [-0.1, -0.05) is 106 Å². The topological polar surface area (TPSA) is 82.1 Å². The molecule has 0 aromatic carbocycles. The number of esters is 3. The predicted molar refractivity (Wildman–Crippen MR) is 191 cm³/mol. The molecule has 0 aromatic heterocycles. The first-order valence-electron chi connectivity index (χ1n) is 19.0. The first kappa shape index (κ1) is 44.4. The summed E-state index contributed by atoms with van der Waals surface area (Å²) in [5, 5.41) is 0. The molecule has 7 heteroatoms. The molecule has 0 rings (SSSR count). The van der Waals surface area contributed by atoms with Crippen LogP contribution >= 0.6 is 0 Å². The molecule has 2 unspecified atom stereocenters. The quantitative estimate of drug-likeness (QED) is 0.0418. The van der Waals surface area contributed by atoms with Gasteiger partial charge in [-0.05, 0) is 89.3 Å². The lowest BCUT2D eigenvalue weighted by atomic mass is 9.97. The zero-order chi connectivity index (χ0) is 34.6. The molecule has 0 aromatic rings. The number of carbonyl (C=O) groups excluding carboxylic acids is 3. The Labute approximate surface area is 284 Å². The van der Waals surface area contributed by atoms with Gasteiger partial charge in [0, 0.05) is 19.3 Å². The summed E-state index contributed by atoms with van der Waals surface area (Å²) in [4.78, 5) is 38.9. The lowest BCUT2D eigenvalue weighted by molar-refractivity contribution is -0.150. The van der Waals surface area contributed by atoms with Crippen LogP contribution in [0.15, 0.2) is 0 Å². The predicted octanol–water partition coefficient (Wildman–Crippen LogP) is 9.93. The zero-order valence-corrected chi connectivity index (χ0v) is 31.5. The van der Waals surface area contributed by atoms with Crippen molar-refractivity contribution >= 4 is 17.9 Å². The largest absolute Gasteiger partial charge is 0.466 e. The highest BCUT2D eigenvalue weighted by molar-refractivity contribution is 5.70. The minimum atomic E-state index is -0.0949. The highest BCUT2D eigenvalue weighted by Crippen LogP contribution is 2.19. The van der Waals surface area contributed by atoms with Crippen molar-refractivity contribution in [2.75, 3.05) is 33.9 Å². The summed E-state index contributed by atoms with van der Waals surface area (Å²) < 4.78 is 16.9. The van der Waals surface area contributed by atoms with Crippen LogP contribution in [0.25, 0.3) is 0 Å². The summed E-state index contributed by atoms with van der Waals surface area (Å²) >= 11 is 0. The van der Waals surface area contributed by atoms with E-state index < -0.39 is 0 Å². The number of hydrogen-bond acceptors (Lipinski definition) is 7. The van der Waals surface area contributed by atoms with E-state index in [2.05, 4.69) is 46.4 Å². The molecular weight excluding hydrogens is 578 g/mol. The first-order chi connectivity index (χ1) is 21.9. The van der Waals surface area contributed by atoms with Crippen molar-refractivity contribution in [3.8, 4) is 0 Å². The van der Waals surface area contributed by atoms with Crippen molar-refractivity contribution in [2.24, 2.45) is 23.7 Å². The molecule has 0 radical (unpaired) electrons. The van der Waals surface area contributed by atoms with Gasteiger partial charge < -0.3 is 19.1 Å². The first-order valence-corrected chi connectivity index (χ1v) is 19.0. The lowest BCUT2D eigenvalue weighted by Crippen LogP contribution is -2.20. The van der Waals surface area contributed by atoms with Gasteiger partial charge in [0.1, 0.15) is 6.10 Å². The molecule has 0 bridgehead atoms. The Morgan fingerprint density at radius 2 is 0.935 bits per heavy atom. The van der Waals surface area contributed by atoms with E-state index in [-0.39, 0.29) is 24.0 Å². The molecule has 0 saturated carbocycles. The van der Waals surface area contributed by atoms with Crippen LogP contribution in [0.5, 0.6) is 0 Å². The van der Waals surface area contributed by atoms with Crippen LogP contribution < -0.4 is 0 Å². The maximum absolute atomic E-state index is 12.5. The Morgan fingerprint density at radius 3 is 1.35 bits per heavy atom. The molecule has 7 nitrogen and oxygen atoms in total. The van der Waals surface area contributed by atoms with Gasteiger partial charge in [0.05, 0.1) is 13.2 Å². The average Bonchev–Trinajstić information content (AvgIpc) is 2.95. The Kier molecular flexibility index (Phi) is 28.5. The monoisotopic (exact) mass is 654 g/mol. The van der Waals surface area contributed by atoms with Crippen molar-refractivity contribution in [1.82, 2.24) is 4.90 Å². The Balaban J connectivity index is 4.23. The van der Waals surface area contributed by atoms with Crippen LogP contribution in [0.2, 0.25) is 0 Å². The van der Waals surface area contributed by atoms with Gasteiger partial charge in [-0.15, -0.1) is 0 Å². The summed E-state index contributed by atoms with van der Waals surface area (Å²) in [5.74, 6) is 1.96. The van der Waals surface area contributed by atoms with Crippen LogP contribution in [0.1, 0.15) is 170 Å². The Morgan fingerprint density at radius 1 is 0.500 bits per heavy atom. The van der Waals surface area contributed by atoms with E-state index in [0.29, 0.717) is 56.1 Å². The van der Waals surface area contributed by atoms with Crippen molar-refractivity contribution in [1.29, 1.82) is 0 Å². The van der Waals surface area contributed by atoms with Crippen molar-refractivity contribution in [2.45, 2.75) is 176 Å². The summed E-state index contributed by atoms with van der Waals surface area (Å²) in [7, 11) is 4.03. The van der Waals surface area contributed by atoms with Crippen LogP contribution in [-0.4, -0.2) is 62.8 Å². The molecule has 0 aliphatic carbocycles. The zero-order valence-electron chi connectivity index (χ0n) is 31.5. The van der Waals surface area contributed by atoms with E-state index in [1.807, 2.05) is 14.1 Å². The molecule has 0 saturated heterocycles. The highest BCUT2D eigenvalue weighted by atomic mass is 16.5. The number of rotatable bonds is 31. The van der Waals surface area contributed by atoms with Crippen molar-refractivity contribution < 1.29 is 28.6 Å². The minimum absolute atomic E-state index is 0.0446. The second-order valence-electron chi connectivity index (χ2n) is 15.1. The van der Waals surface area contributed by atoms with Gasteiger partial charge in [-0.25, -0.2) is 0 Å². The summed E-state index contributed by atoms with van der Waals surface area (Å²) in [6, 6.07) is 0. The Bertz CT molecular complexity index is 705. The molecule has 0 spiro atoms. The molecule has 0 amide bonds. The second kappa shape index (κ2) is 29.5. The second-order valence-corrected chi connectivity index (χ2v) is 15.1. The maximum atomic E-state index is 12.5. The van der Waals surface area contributed by atoms with Crippen LogP contribution in [0, 0.1) is 23.7 Å². The molecule has 0 N–H and O–H groups in total. The molecule has 0 aliphatic heterocycles. The molecule has 46 heavy (non-hydrogen) atoms. The summed E-state index contributed by atoms with van der Waals surface area (Å²) in [5.41, 5.74) is 0. The van der Waals surface area contributed by atoms with Crippen LogP contribution in [-0.2, 0) is 28.6 Å².